The number of hydrogen-bond acceptors (Lipinski definition) is 7. The summed E-state index contributed by atoms with van der Waals surface area (Å²) in [7, 11) is 0. The van der Waals surface area contributed by atoms with Crippen LogP contribution in [0.15, 0.2) is 107 Å². The number of hydrogen-bond donors (Lipinski definition) is 3. The van der Waals surface area contributed by atoms with E-state index in [1.54, 1.807) is 6.92 Å². The van der Waals surface area contributed by atoms with Crippen molar-refractivity contribution in [2.24, 2.45) is 11.7 Å². The van der Waals surface area contributed by atoms with Crippen molar-refractivity contribution in [3.8, 4) is 0 Å². The van der Waals surface area contributed by atoms with E-state index in [-0.39, 0.29) is 31.2 Å². The highest BCUT2D eigenvalue weighted by Gasteiger charge is 2.42. The molecule has 0 spiro atoms. The lowest BCUT2D eigenvalue weighted by molar-refractivity contribution is -0.154. The Kier molecular flexibility index (Phi) is 10.5. The van der Waals surface area contributed by atoms with Crippen LogP contribution in [0.2, 0.25) is 0 Å². The van der Waals surface area contributed by atoms with E-state index >= 15 is 0 Å². The minimum Gasteiger partial charge on any atom is -0.458 e. The Labute approximate surface area is 273 Å². The second kappa shape index (κ2) is 14.7. The Morgan fingerprint density at radius 1 is 0.979 bits per heavy atom. The van der Waals surface area contributed by atoms with Gasteiger partial charge in [-0.1, -0.05) is 111 Å². The number of benzene rings is 3. The molecule has 3 aromatic carbocycles. The Hall–Kier alpha value is -4.80. The van der Waals surface area contributed by atoms with Crippen LogP contribution in [0.4, 0.5) is 0 Å². The van der Waals surface area contributed by atoms with Crippen molar-refractivity contribution < 1.29 is 19.1 Å². The van der Waals surface area contributed by atoms with E-state index in [1.165, 1.54) is 10.8 Å². The van der Waals surface area contributed by atoms with Gasteiger partial charge in [0, 0.05) is 31.1 Å². The van der Waals surface area contributed by atoms with Crippen molar-refractivity contribution >= 4 is 11.9 Å². The summed E-state index contributed by atoms with van der Waals surface area (Å²) in [6.45, 7) is 5.41. The predicted molar refractivity (Wildman–Crippen MR) is 179 cm³/mol. The van der Waals surface area contributed by atoms with Crippen LogP contribution in [0.3, 0.4) is 0 Å². The summed E-state index contributed by atoms with van der Waals surface area (Å²) in [5, 5.41) is 3.03. The number of esters is 1. The largest absolute Gasteiger partial charge is 0.458 e. The molecule has 1 amide bonds. The first-order valence-electron chi connectivity index (χ1n) is 16.0. The van der Waals surface area contributed by atoms with E-state index in [1.807, 2.05) is 105 Å². The normalized spacial score (nSPS) is 19.1. The minimum absolute atomic E-state index is 0.0113. The molecule has 10 nitrogen and oxygen atoms in total. The quantitative estimate of drug-likeness (QED) is 0.157. The maximum absolute atomic E-state index is 14.0. The van der Waals surface area contributed by atoms with Gasteiger partial charge in [0.1, 0.15) is 24.5 Å². The molecule has 0 aliphatic carbocycles. The van der Waals surface area contributed by atoms with Crippen LogP contribution in [-0.2, 0) is 24.5 Å². The lowest BCUT2D eigenvalue weighted by Gasteiger charge is -2.35. The van der Waals surface area contributed by atoms with Crippen LogP contribution in [0.5, 0.6) is 0 Å². The van der Waals surface area contributed by atoms with Crippen LogP contribution in [-0.4, -0.2) is 46.2 Å². The van der Waals surface area contributed by atoms with E-state index in [4.69, 9.17) is 15.2 Å². The molecule has 1 saturated heterocycles. The zero-order chi connectivity index (χ0) is 33.6. The van der Waals surface area contributed by atoms with Crippen LogP contribution < -0.4 is 22.3 Å². The fourth-order valence-electron chi connectivity index (χ4n) is 6.18. The maximum atomic E-state index is 14.0. The number of ether oxygens (including phenoxy) is 2. The number of carbonyl (C=O) groups is 2. The number of aryl methyl sites for hydroxylation is 1. The molecular formula is C37H42N4O6. The van der Waals surface area contributed by atoms with Gasteiger partial charge in [-0.3, -0.25) is 23.9 Å². The zero-order valence-corrected chi connectivity index (χ0v) is 26.9. The van der Waals surface area contributed by atoms with Gasteiger partial charge in [0.25, 0.3) is 5.56 Å². The molecule has 2 heterocycles. The molecule has 1 aliphatic heterocycles. The fraction of sp³-hybridized carbons (Fsp3) is 0.351. The molecule has 246 valence electrons. The number of H-pyrrole nitrogens is 1. The van der Waals surface area contributed by atoms with Crippen LogP contribution >= 0.6 is 0 Å². The summed E-state index contributed by atoms with van der Waals surface area (Å²) in [4.78, 5) is 54.1. The third kappa shape index (κ3) is 7.29. The third-order valence-corrected chi connectivity index (χ3v) is 9.16. The number of nitrogens with zero attached hydrogens (tertiary/aromatic N) is 1. The van der Waals surface area contributed by atoms with E-state index in [9.17, 15) is 19.2 Å². The first-order valence-corrected chi connectivity index (χ1v) is 16.0. The summed E-state index contributed by atoms with van der Waals surface area (Å²) in [5.74, 6) is -0.927. The summed E-state index contributed by atoms with van der Waals surface area (Å²) in [6.07, 6.45) is -0.0903. The van der Waals surface area contributed by atoms with Crippen molar-refractivity contribution in [1.82, 2.24) is 14.9 Å². The van der Waals surface area contributed by atoms with E-state index in [0.717, 1.165) is 16.7 Å². The molecule has 10 heteroatoms. The summed E-state index contributed by atoms with van der Waals surface area (Å²) in [5.41, 5.74) is 7.46. The smallest absolute Gasteiger partial charge is 0.330 e. The van der Waals surface area contributed by atoms with E-state index in [0.29, 0.717) is 12.0 Å². The number of nitrogens with two attached hydrogens (primary N) is 1. The van der Waals surface area contributed by atoms with Crippen molar-refractivity contribution in [3.05, 3.63) is 140 Å². The SMILES string of the molecule is CC[C@H](C)[C@H](N)C(=O)O[C@H]1C[C@H](n2cc(C)c(=O)[nH]c2=O)O[C@@H]1CNC(=O)CC(c1ccccc1)(c1ccccc1)c1ccccc1. The molecule has 4 N–H and O–H groups in total. The first-order chi connectivity index (χ1) is 22.6. The van der Waals surface area contributed by atoms with Gasteiger partial charge in [0.05, 0.1) is 5.41 Å². The van der Waals surface area contributed by atoms with Gasteiger partial charge in [0.15, 0.2) is 0 Å². The lowest BCUT2D eigenvalue weighted by atomic mass is 9.67. The molecule has 0 saturated carbocycles. The highest BCUT2D eigenvalue weighted by molar-refractivity contribution is 5.80. The van der Waals surface area contributed by atoms with Crippen molar-refractivity contribution in [2.45, 2.75) is 69.9 Å². The molecule has 1 aromatic heterocycles. The number of aromatic nitrogens is 2. The number of nitrogens with one attached hydrogen (secondary N) is 2. The monoisotopic (exact) mass is 638 g/mol. The highest BCUT2D eigenvalue weighted by Crippen LogP contribution is 2.42. The van der Waals surface area contributed by atoms with Crippen LogP contribution in [0.25, 0.3) is 0 Å². The summed E-state index contributed by atoms with van der Waals surface area (Å²) in [6, 6.07) is 28.9. The van der Waals surface area contributed by atoms with Gasteiger partial charge in [0.2, 0.25) is 5.91 Å². The molecule has 5 atom stereocenters. The fourth-order valence-corrected chi connectivity index (χ4v) is 6.18. The van der Waals surface area contributed by atoms with E-state index in [2.05, 4.69) is 10.3 Å². The van der Waals surface area contributed by atoms with Crippen LogP contribution in [0, 0.1) is 12.8 Å². The average Bonchev–Trinajstić information content (AvgIpc) is 3.50. The van der Waals surface area contributed by atoms with Crippen molar-refractivity contribution in [2.75, 3.05) is 6.54 Å². The lowest BCUT2D eigenvalue weighted by Crippen LogP contribution is -2.45. The topological polar surface area (TPSA) is 146 Å². The van der Waals surface area contributed by atoms with Gasteiger partial charge in [-0.25, -0.2) is 4.79 Å². The summed E-state index contributed by atoms with van der Waals surface area (Å²) >= 11 is 0. The Bertz CT molecular complexity index is 1680. The molecule has 1 aliphatic rings. The average molecular weight is 639 g/mol. The number of amides is 1. The van der Waals surface area contributed by atoms with E-state index < -0.39 is 47.1 Å². The number of carbonyl (C=O) groups excluding carboxylic acids is 2. The first kappa shape index (κ1) is 33.6. The predicted octanol–water partition coefficient (Wildman–Crippen LogP) is 3.96. The van der Waals surface area contributed by atoms with Crippen LogP contribution in [0.1, 0.15) is 61.6 Å². The van der Waals surface area contributed by atoms with Crippen molar-refractivity contribution in [1.29, 1.82) is 0 Å². The van der Waals surface area contributed by atoms with Crippen molar-refractivity contribution in [3.63, 3.8) is 0 Å². The maximum Gasteiger partial charge on any atom is 0.330 e. The molecule has 0 unspecified atom stereocenters. The molecule has 47 heavy (non-hydrogen) atoms. The number of aromatic amines is 1. The second-order valence-electron chi connectivity index (χ2n) is 12.2. The van der Waals surface area contributed by atoms with Gasteiger partial charge in [-0.2, -0.15) is 0 Å². The third-order valence-electron chi connectivity index (χ3n) is 9.16. The van der Waals surface area contributed by atoms with Gasteiger partial charge < -0.3 is 20.5 Å². The minimum atomic E-state index is -0.838. The molecule has 4 aromatic rings. The van der Waals surface area contributed by atoms with Gasteiger partial charge >= 0.3 is 11.7 Å². The molecule has 0 radical (unpaired) electrons. The summed E-state index contributed by atoms with van der Waals surface area (Å²) < 4.78 is 13.4. The molecular weight excluding hydrogens is 596 g/mol. The Balaban J connectivity index is 1.43. The highest BCUT2D eigenvalue weighted by atomic mass is 16.6. The Morgan fingerprint density at radius 2 is 1.51 bits per heavy atom. The second-order valence-corrected chi connectivity index (χ2v) is 12.2. The van der Waals surface area contributed by atoms with Gasteiger partial charge in [-0.05, 0) is 29.5 Å². The molecule has 5 rings (SSSR count). The molecule has 1 fully saturated rings. The number of rotatable bonds is 12. The Morgan fingerprint density at radius 3 is 2.02 bits per heavy atom. The molecule has 0 bridgehead atoms. The van der Waals surface area contributed by atoms with Gasteiger partial charge in [-0.15, -0.1) is 0 Å². The zero-order valence-electron chi connectivity index (χ0n) is 26.9. The standard InChI is InChI=1S/C37H42N4O6/c1-4-24(2)33(38)35(44)47-29-20-32(41-23-25(3)34(43)40-36(41)45)46-30(29)22-39-31(42)21-37(26-14-8-5-9-15-26,27-16-10-6-11-17-27)28-18-12-7-13-19-28/h5-19,23-24,29-30,32-33H,4,20-22,38H2,1-3H3,(H,39,42)(H,40,43,45)/t24-,29-,30+,32+,33-/m0/s1.